The summed E-state index contributed by atoms with van der Waals surface area (Å²) in [6, 6.07) is -1.74. The van der Waals surface area contributed by atoms with Crippen molar-refractivity contribution in [2.75, 3.05) is 6.54 Å². The Morgan fingerprint density at radius 3 is 2.35 bits per heavy atom. The molecule has 0 aliphatic carbocycles. The molecule has 6 nitrogen and oxygen atoms in total. The number of carbonyl (C=O) groups is 2. The maximum absolute atomic E-state index is 12.1. The maximum atomic E-state index is 12.1. The minimum atomic E-state index is -1.10. The van der Waals surface area contributed by atoms with E-state index in [9.17, 15) is 14.7 Å². The van der Waals surface area contributed by atoms with Crippen molar-refractivity contribution in [2.24, 2.45) is 11.1 Å². The first kappa shape index (κ1) is 13.9. The maximum Gasteiger partial charge on any atom is 0.326 e. The lowest BCUT2D eigenvalue weighted by Crippen LogP contribution is -2.53. The molecule has 17 heavy (non-hydrogen) atoms. The van der Waals surface area contributed by atoms with Crippen LogP contribution in [0.3, 0.4) is 0 Å². The lowest BCUT2D eigenvalue weighted by molar-refractivity contribution is -0.149. The minimum Gasteiger partial charge on any atom is -0.480 e. The third kappa shape index (κ3) is 2.95. The van der Waals surface area contributed by atoms with Crippen molar-refractivity contribution in [1.82, 2.24) is 4.90 Å². The fourth-order valence-electron chi connectivity index (χ4n) is 1.84. The summed E-state index contributed by atoms with van der Waals surface area (Å²) in [5.41, 5.74) is 5.38. The Balaban J connectivity index is 2.84. The van der Waals surface area contributed by atoms with Gasteiger partial charge in [-0.15, -0.1) is 0 Å². The number of aliphatic hydroxyl groups is 1. The third-order valence-electron chi connectivity index (χ3n) is 3.05. The van der Waals surface area contributed by atoms with E-state index >= 15 is 0 Å². The zero-order chi connectivity index (χ0) is 13.4. The molecule has 1 saturated heterocycles. The van der Waals surface area contributed by atoms with Crippen molar-refractivity contribution < 1.29 is 19.8 Å². The third-order valence-corrected chi connectivity index (χ3v) is 3.05. The highest BCUT2D eigenvalue weighted by Gasteiger charge is 2.42. The van der Waals surface area contributed by atoms with Gasteiger partial charge in [0.05, 0.1) is 12.1 Å². The van der Waals surface area contributed by atoms with Crippen molar-refractivity contribution >= 4 is 11.9 Å². The monoisotopic (exact) mass is 244 g/mol. The van der Waals surface area contributed by atoms with Crippen LogP contribution >= 0.6 is 0 Å². The number of hydrogen-bond donors (Lipinski definition) is 3. The number of carboxylic acid groups (broad SMARTS) is 1. The second-order valence-electron chi connectivity index (χ2n) is 5.58. The van der Waals surface area contributed by atoms with Crippen LogP contribution in [0.1, 0.15) is 27.2 Å². The smallest absolute Gasteiger partial charge is 0.326 e. The van der Waals surface area contributed by atoms with Crippen molar-refractivity contribution in [3.05, 3.63) is 0 Å². The SMILES string of the molecule is CC(C)(C)C(N)C(=O)N1CC(O)CC1C(=O)O. The van der Waals surface area contributed by atoms with Crippen LogP contribution in [0.4, 0.5) is 0 Å². The van der Waals surface area contributed by atoms with Gasteiger partial charge in [-0.2, -0.15) is 0 Å². The molecular weight excluding hydrogens is 224 g/mol. The normalized spacial score (nSPS) is 27.0. The summed E-state index contributed by atoms with van der Waals surface area (Å²) in [4.78, 5) is 24.2. The Morgan fingerprint density at radius 2 is 1.94 bits per heavy atom. The summed E-state index contributed by atoms with van der Waals surface area (Å²) < 4.78 is 0. The van der Waals surface area contributed by atoms with Gasteiger partial charge < -0.3 is 20.8 Å². The standard InChI is InChI=1S/C11H20N2O4/c1-11(2,3)8(12)9(15)13-5-6(14)4-7(13)10(16)17/h6-8,14H,4-5,12H2,1-3H3,(H,16,17). The summed E-state index contributed by atoms with van der Waals surface area (Å²) >= 11 is 0. The Morgan fingerprint density at radius 1 is 1.41 bits per heavy atom. The average molecular weight is 244 g/mol. The van der Waals surface area contributed by atoms with Crippen molar-refractivity contribution in [2.45, 2.75) is 45.4 Å². The molecule has 1 heterocycles. The second-order valence-corrected chi connectivity index (χ2v) is 5.58. The summed E-state index contributed by atoms with van der Waals surface area (Å²) in [5.74, 6) is -1.52. The number of likely N-dealkylation sites (tertiary alicyclic amines) is 1. The number of aliphatic hydroxyl groups excluding tert-OH is 1. The van der Waals surface area contributed by atoms with E-state index in [1.54, 1.807) is 0 Å². The first-order valence-electron chi connectivity index (χ1n) is 5.61. The molecule has 0 radical (unpaired) electrons. The molecule has 0 bridgehead atoms. The van der Waals surface area contributed by atoms with E-state index < -0.39 is 35.5 Å². The Kier molecular flexibility index (Phi) is 3.78. The average Bonchev–Trinajstić information content (AvgIpc) is 2.56. The highest BCUT2D eigenvalue weighted by atomic mass is 16.4. The Labute approximate surface area is 100 Å². The van der Waals surface area contributed by atoms with E-state index in [0.717, 1.165) is 0 Å². The Hall–Kier alpha value is -1.14. The first-order chi connectivity index (χ1) is 7.64. The van der Waals surface area contributed by atoms with Crippen LogP contribution in [-0.2, 0) is 9.59 Å². The van der Waals surface area contributed by atoms with Gasteiger partial charge >= 0.3 is 5.97 Å². The zero-order valence-corrected chi connectivity index (χ0v) is 10.4. The van der Waals surface area contributed by atoms with E-state index in [-0.39, 0.29) is 13.0 Å². The first-order valence-corrected chi connectivity index (χ1v) is 5.61. The molecule has 6 heteroatoms. The van der Waals surface area contributed by atoms with Crippen molar-refractivity contribution in [3.63, 3.8) is 0 Å². The summed E-state index contributed by atoms with van der Waals surface area (Å²) in [7, 11) is 0. The van der Waals surface area contributed by atoms with E-state index in [0.29, 0.717) is 0 Å². The van der Waals surface area contributed by atoms with Gasteiger partial charge in [0.25, 0.3) is 0 Å². The van der Waals surface area contributed by atoms with Gasteiger partial charge in [-0.05, 0) is 5.41 Å². The molecule has 0 spiro atoms. The minimum absolute atomic E-state index is 0.0413. The van der Waals surface area contributed by atoms with Crippen molar-refractivity contribution in [1.29, 1.82) is 0 Å². The molecule has 0 aromatic carbocycles. The molecule has 1 amide bonds. The van der Waals surface area contributed by atoms with E-state index in [2.05, 4.69) is 0 Å². The number of nitrogens with two attached hydrogens (primary N) is 1. The number of aliphatic carboxylic acids is 1. The van der Waals surface area contributed by atoms with E-state index in [1.165, 1.54) is 4.90 Å². The summed E-state index contributed by atoms with van der Waals surface area (Å²) in [6.07, 6.45) is -0.718. The van der Waals surface area contributed by atoms with Gasteiger partial charge in [-0.1, -0.05) is 20.8 Å². The largest absolute Gasteiger partial charge is 0.480 e. The van der Waals surface area contributed by atoms with E-state index in [4.69, 9.17) is 10.8 Å². The molecule has 1 aliphatic heterocycles. The summed E-state index contributed by atoms with van der Waals surface area (Å²) in [5, 5.41) is 18.4. The molecule has 0 aromatic rings. The van der Waals surface area contributed by atoms with Gasteiger partial charge in [0.2, 0.25) is 5.91 Å². The lowest BCUT2D eigenvalue weighted by Gasteiger charge is -2.31. The predicted octanol–water partition coefficient (Wildman–Crippen LogP) is -0.594. The number of hydrogen-bond acceptors (Lipinski definition) is 4. The molecule has 0 aromatic heterocycles. The summed E-state index contributed by atoms with van der Waals surface area (Å²) in [6.45, 7) is 5.49. The molecular formula is C11H20N2O4. The van der Waals surface area contributed by atoms with E-state index in [1.807, 2.05) is 20.8 Å². The molecule has 1 aliphatic rings. The molecule has 3 unspecified atom stereocenters. The topological polar surface area (TPSA) is 104 Å². The quantitative estimate of drug-likeness (QED) is 0.602. The van der Waals surface area contributed by atoms with Gasteiger partial charge in [-0.3, -0.25) is 4.79 Å². The fourth-order valence-corrected chi connectivity index (χ4v) is 1.84. The highest BCUT2D eigenvalue weighted by Crippen LogP contribution is 2.24. The number of amides is 1. The molecule has 98 valence electrons. The van der Waals surface area contributed by atoms with Gasteiger partial charge in [0.15, 0.2) is 0 Å². The van der Waals surface area contributed by atoms with Crippen LogP contribution in [-0.4, -0.2) is 51.7 Å². The van der Waals surface area contributed by atoms with Crippen LogP contribution in [0.15, 0.2) is 0 Å². The number of nitrogens with zero attached hydrogens (tertiary/aromatic N) is 1. The van der Waals surface area contributed by atoms with Crippen LogP contribution < -0.4 is 5.73 Å². The van der Waals surface area contributed by atoms with Crippen LogP contribution in [0.25, 0.3) is 0 Å². The van der Waals surface area contributed by atoms with Crippen LogP contribution in [0.2, 0.25) is 0 Å². The molecule has 1 rings (SSSR count). The van der Waals surface area contributed by atoms with Crippen molar-refractivity contribution in [3.8, 4) is 0 Å². The fraction of sp³-hybridized carbons (Fsp3) is 0.818. The molecule has 0 saturated carbocycles. The number of carboxylic acids is 1. The number of rotatable bonds is 2. The highest BCUT2D eigenvalue weighted by molar-refractivity contribution is 5.88. The van der Waals surface area contributed by atoms with Crippen LogP contribution in [0, 0.1) is 5.41 Å². The molecule has 3 atom stereocenters. The second kappa shape index (κ2) is 4.62. The zero-order valence-electron chi connectivity index (χ0n) is 10.4. The molecule has 4 N–H and O–H groups in total. The molecule has 1 fully saturated rings. The van der Waals surface area contributed by atoms with Gasteiger partial charge in [-0.25, -0.2) is 4.79 Å². The Bertz CT molecular complexity index is 324. The van der Waals surface area contributed by atoms with Crippen LogP contribution in [0.5, 0.6) is 0 Å². The predicted molar refractivity (Wildman–Crippen MR) is 61.2 cm³/mol. The lowest BCUT2D eigenvalue weighted by atomic mass is 9.86. The van der Waals surface area contributed by atoms with Gasteiger partial charge in [0, 0.05) is 13.0 Å². The van der Waals surface area contributed by atoms with Gasteiger partial charge in [0.1, 0.15) is 6.04 Å². The number of β-amino-alcohol motifs (C(OH)–C–C–N with tert-alkyl or cyclic N) is 1. The number of carbonyl (C=O) groups excluding carboxylic acids is 1.